The molecule has 1 nitrogen and oxygen atoms in total. The molecule has 0 bridgehead atoms. The Kier molecular flexibility index (Phi) is 5.00. The summed E-state index contributed by atoms with van der Waals surface area (Å²) in [6.07, 6.45) is 13.2. The van der Waals surface area contributed by atoms with Crippen LogP contribution in [0.3, 0.4) is 0 Å². The van der Waals surface area contributed by atoms with Gasteiger partial charge < -0.3 is 4.74 Å². The van der Waals surface area contributed by atoms with Gasteiger partial charge in [0, 0.05) is 5.56 Å². The number of allylic oxidation sites excluding steroid dienone is 1. The molecular weight excluding hydrogens is 256 g/mol. The molecule has 0 amide bonds. The van der Waals surface area contributed by atoms with Gasteiger partial charge in [-0.3, -0.25) is 0 Å². The highest BCUT2D eigenvalue weighted by atomic mass is 16.5. The molecule has 2 aliphatic carbocycles. The molecule has 1 fully saturated rings. The van der Waals surface area contributed by atoms with Crippen LogP contribution in [0.25, 0.3) is 5.76 Å². The molecule has 0 saturated heterocycles. The number of fused-ring (bicyclic) bond motifs is 1. The Morgan fingerprint density at radius 1 is 1.00 bits per heavy atom. The Balaban J connectivity index is 1.62. The van der Waals surface area contributed by atoms with Crippen LogP contribution < -0.4 is 0 Å². The number of hydrogen-bond donors (Lipinski definition) is 0. The summed E-state index contributed by atoms with van der Waals surface area (Å²) in [6.45, 7) is 3.22. The number of rotatable bonds is 3. The van der Waals surface area contributed by atoms with Gasteiger partial charge in [0.25, 0.3) is 0 Å². The van der Waals surface area contributed by atoms with Crippen LogP contribution in [0, 0.1) is 5.92 Å². The Labute approximate surface area is 129 Å². The highest BCUT2D eigenvalue weighted by Gasteiger charge is 2.20. The minimum atomic E-state index is 0.620. The van der Waals surface area contributed by atoms with Crippen LogP contribution >= 0.6 is 0 Å². The first-order valence-corrected chi connectivity index (χ1v) is 8.77. The van der Waals surface area contributed by atoms with E-state index in [1.54, 1.807) is 0 Å². The molecule has 114 valence electrons. The fraction of sp³-hybridized carbons (Fsp3) is 0.600. The molecule has 0 heterocycles. The predicted molar refractivity (Wildman–Crippen MR) is 89.2 cm³/mol. The second-order valence-electron chi connectivity index (χ2n) is 6.81. The number of benzene rings is 1. The lowest BCUT2D eigenvalue weighted by atomic mass is 9.87. The van der Waals surface area contributed by atoms with E-state index in [9.17, 15) is 0 Å². The van der Waals surface area contributed by atoms with Crippen molar-refractivity contribution in [3.05, 3.63) is 41.5 Å². The Morgan fingerprint density at radius 3 is 2.52 bits per heavy atom. The molecule has 3 rings (SSSR count). The van der Waals surface area contributed by atoms with Gasteiger partial charge in [-0.1, -0.05) is 63.3 Å². The molecule has 1 aromatic rings. The van der Waals surface area contributed by atoms with Crippen molar-refractivity contribution in [3.8, 4) is 0 Å². The van der Waals surface area contributed by atoms with Gasteiger partial charge in [0.2, 0.25) is 0 Å². The molecule has 1 unspecified atom stereocenters. The molecule has 0 N–H and O–H groups in total. The summed E-state index contributed by atoms with van der Waals surface area (Å²) in [6, 6.07) is 8.75. The Hall–Kier alpha value is -1.24. The largest absolute Gasteiger partial charge is 0.493 e. The quantitative estimate of drug-likeness (QED) is 0.670. The molecule has 1 heteroatoms. The third-order valence-corrected chi connectivity index (χ3v) is 5.11. The zero-order valence-corrected chi connectivity index (χ0v) is 13.3. The predicted octanol–water partition coefficient (Wildman–Crippen LogP) is 5.91. The second-order valence-corrected chi connectivity index (χ2v) is 6.81. The summed E-state index contributed by atoms with van der Waals surface area (Å²) < 4.78 is 6.25. The van der Waals surface area contributed by atoms with E-state index in [0.717, 1.165) is 24.7 Å². The molecule has 1 saturated carbocycles. The Bertz CT molecular complexity index is 480. The van der Waals surface area contributed by atoms with E-state index in [2.05, 4.69) is 37.3 Å². The van der Waals surface area contributed by atoms with Gasteiger partial charge in [-0.25, -0.2) is 0 Å². The van der Waals surface area contributed by atoms with Crippen molar-refractivity contribution >= 4 is 5.76 Å². The lowest BCUT2D eigenvalue weighted by Crippen LogP contribution is -2.13. The minimum Gasteiger partial charge on any atom is -0.493 e. The molecule has 0 aliphatic heterocycles. The van der Waals surface area contributed by atoms with Crippen LogP contribution in [-0.2, 0) is 4.74 Å². The summed E-state index contributed by atoms with van der Waals surface area (Å²) >= 11 is 0. The van der Waals surface area contributed by atoms with Crippen molar-refractivity contribution in [3.63, 3.8) is 0 Å². The highest BCUT2D eigenvalue weighted by molar-refractivity contribution is 5.66. The minimum absolute atomic E-state index is 0.620. The summed E-state index contributed by atoms with van der Waals surface area (Å²) in [5.41, 5.74) is 2.77. The maximum Gasteiger partial charge on any atom is 0.122 e. The van der Waals surface area contributed by atoms with Gasteiger partial charge in [0.1, 0.15) is 5.76 Å². The van der Waals surface area contributed by atoms with Crippen molar-refractivity contribution in [2.75, 3.05) is 6.61 Å². The topological polar surface area (TPSA) is 9.23 Å². The van der Waals surface area contributed by atoms with Gasteiger partial charge >= 0.3 is 0 Å². The molecular formula is C20H28O. The van der Waals surface area contributed by atoms with Gasteiger partial charge in [0.15, 0.2) is 0 Å². The molecule has 21 heavy (non-hydrogen) atoms. The van der Waals surface area contributed by atoms with E-state index in [0.29, 0.717) is 5.92 Å². The van der Waals surface area contributed by atoms with Crippen molar-refractivity contribution < 1.29 is 4.74 Å². The summed E-state index contributed by atoms with van der Waals surface area (Å²) in [5, 5.41) is 0. The van der Waals surface area contributed by atoms with Crippen LogP contribution in [0.4, 0.5) is 0 Å². The van der Waals surface area contributed by atoms with Gasteiger partial charge in [-0.2, -0.15) is 0 Å². The standard InChI is InChI=1S/C20H28O/c1-16-13-14-20(19-12-8-7-11-18(16)19)21-15-17-9-5-3-2-4-6-10-17/h7-8,11-12,14,16-17H,2-6,9-10,13,15H2,1H3. The first-order valence-electron chi connectivity index (χ1n) is 8.77. The van der Waals surface area contributed by atoms with E-state index in [-0.39, 0.29) is 0 Å². The smallest absolute Gasteiger partial charge is 0.122 e. The van der Waals surface area contributed by atoms with Gasteiger partial charge in [-0.05, 0) is 42.7 Å². The monoisotopic (exact) mass is 284 g/mol. The molecule has 0 aromatic heterocycles. The van der Waals surface area contributed by atoms with E-state index in [1.807, 2.05) is 0 Å². The third-order valence-electron chi connectivity index (χ3n) is 5.11. The van der Waals surface area contributed by atoms with Crippen LogP contribution in [0.5, 0.6) is 0 Å². The summed E-state index contributed by atoms with van der Waals surface area (Å²) in [4.78, 5) is 0. The maximum atomic E-state index is 6.25. The lowest BCUT2D eigenvalue weighted by Gasteiger charge is -2.25. The second kappa shape index (κ2) is 7.15. The van der Waals surface area contributed by atoms with Crippen molar-refractivity contribution in [1.29, 1.82) is 0 Å². The van der Waals surface area contributed by atoms with Crippen molar-refractivity contribution in [2.24, 2.45) is 5.92 Å². The summed E-state index contributed by atoms with van der Waals surface area (Å²) in [5.74, 6) is 2.51. The molecule has 1 aromatic carbocycles. The first-order chi connectivity index (χ1) is 10.3. The van der Waals surface area contributed by atoms with Gasteiger partial charge in [-0.15, -0.1) is 0 Å². The average molecular weight is 284 g/mol. The zero-order valence-electron chi connectivity index (χ0n) is 13.3. The molecule has 0 radical (unpaired) electrons. The van der Waals surface area contributed by atoms with Crippen molar-refractivity contribution in [1.82, 2.24) is 0 Å². The fourth-order valence-electron chi connectivity index (χ4n) is 3.72. The van der Waals surface area contributed by atoms with E-state index >= 15 is 0 Å². The zero-order chi connectivity index (χ0) is 14.5. The molecule has 1 atom stereocenters. The SMILES string of the molecule is CC1CC=C(OCC2CCCCCCC2)c2ccccc21. The van der Waals surface area contributed by atoms with Crippen LogP contribution in [-0.4, -0.2) is 6.61 Å². The van der Waals surface area contributed by atoms with Gasteiger partial charge in [0.05, 0.1) is 6.61 Å². The van der Waals surface area contributed by atoms with E-state index in [1.165, 1.54) is 56.1 Å². The third kappa shape index (κ3) is 3.70. The van der Waals surface area contributed by atoms with E-state index < -0.39 is 0 Å². The van der Waals surface area contributed by atoms with Crippen LogP contribution in [0.2, 0.25) is 0 Å². The Morgan fingerprint density at radius 2 is 1.71 bits per heavy atom. The fourth-order valence-corrected chi connectivity index (χ4v) is 3.72. The lowest BCUT2D eigenvalue weighted by molar-refractivity contribution is 0.190. The normalized spacial score (nSPS) is 23.7. The average Bonchev–Trinajstić information content (AvgIpc) is 2.48. The van der Waals surface area contributed by atoms with Crippen LogP contribution in [0.1, 0.15) is 75.3 Å². The number of hydrogen-bond acceptors (Lipinski definition) is 1. The first kappa shape index (κ1) is 14.7. The maximum absolute atomic E-state index is 6.25. The van der Waals surface area contributed by atoms with E-state index in [4.69, 9.17) is 4.74 Å². The number of ether oxygens (including phenoxy) is 1. The highest BCUT2D eigenvalue weighted by Crippen LogP contribution is 2.35. The summed E-state index contributed by atoms with van der Waals surface area (Å²) in [7, 11) is 0. The molecule has 0 spiro atoms. The van der Waals surface area contributed by atoms with Crippen molar-refractivity contribution in [2.45, 2.75) is 64.2 Å². The molecule has 2 aliphatic rings. The van der Waals surface area contributed by atoms with Crippen LogP contribution in [0.15, 0.2) is 30.3 Å².